The number of hydrogen-bond acceptors (Lipinski definition) is 6. The Hall–Kier alpha value is -3.20. The van der Waals surface area contributed by atoms with E-state index in [0.29, 0.717) is 25.9 Å². The van der Waals surface area contributed by atoms with E-state index in [1.165, 1.54) is 23.7 Å². The van der Waals surface area contributed by atoms with Gasteiger partial charge in [0.25, 0.3) is 11.8 Å². The summed E-state index contributed by atoms with van der Waals surface area (Å²) >= 11 is 13.4. The van der Waals surface area contributed by atoms with Gasteiger partial charge in [0.15, 0.2) is 0 Å². The minimum absolute atomic E-state index is 0.135. The van der Waals surface area contributed by atoms with Gasteiger partial charge in [-0.3, -0.25) is 14.4 Å². The zero-order valence-electron chi connectivity index (χ0n) is 15.6. The largest absolute Gasteiger partial charge is 0.463 e. The number of nitrogens with zero attached hydrogens (tertiary/aromatic N) is 1. The molecule has 0 fully saturated rings. The SMILES string of the molecule is O=C(CNC(=O)c1sc2ccccc2c1Cl)N/N=C\c1coc2ccc(Cl)cc2c1=O. The molecule has 0 aliphatic rings. The van der Waals surface area contributed by atoms with Gasteiger partial charge in [0.05, 0.1) is 28.7 Å². The number of thiophene rings is 1. The van der Waals surface area contributed by atoms with Gasteiger partial charge in [-0.15, -0.1) is 11.3 Å². The number of hydrogen-bond donors (Lipinski definition) is 2. The molecule has 0 saturated carbocycles. The summed E-state index contributed by atoms with van der Waals surface area (Å²) in [5.41, 5.74) is 2.43. The third-order valence-corrected chi connectivity index (χ3v) is 6.21. The molecule has 0 atom stereocenters. The maximum atomic E-state index is 12.4. The van der Waals surface area contributed by atoms with Crippen molar-refractivity contribution in [2.75, 3.05) is 6.54 Å². The molecule has 0 bridgehead atoms. The van der Waals surface area contributed by atoms with Gasteiger partial charge in [-0.05, 0) is 24.3 Å². The number of carbonyl (C=O) groups excluding carboxylic acids is 2. The van der Waals surface area contributed by atoms with Crippen molar-refractivity contribution in [1.29, 1.82) is 0 Å². The molecule has 2 N–H and O–H groups in total. The second-order valence-corrected chi connectivity index (χ2v) is 8.24. The van der Waals surface area contributed by atoms with Gasteiger partial charge in [0.2, 0.25) is 5.43 Å². The second kappa shape index (κ2) is 8.89. The van der Waals surface area contributed by atoms with Crippen LogP contribution in [-0.4, -0.2) is 24.6 Å². The number of rotatable bonds is 5. The number of halogens is 2. The summed E-state index contributed by atoms with van der Waals surface area (Å²) in [6.45, 7) is -0.317. The normalized spacial score (nSPS) is 11.3. The molecule has 2 aromatic carbocycles. The van der Waals surface area contributed by atoms with E-state index in [1.807, 2.05) is 24.3 Å². The van der Waals surface area contributed by atoms with E-state index in [9.17, 15) is 14.4 Å². The maximum Gasteiger partial charge on any atom is 0.263 e. The summed E-state index contributed by atoms with van der Waals surface area (Å²) in [4.78, 5) is 37.1. The van der Waals surface area contributed by atoms with E-state index in [-0.39, 0.29) is 17.5 Å². The van der Waals surface area contributed by atoms with Crippen molar-refractivity contribution in [2.24, 2.45) is 5.10 Å². The van der Waals surface area contributed by atoms with E-state index in [4.69, 9.17) is 27.6 Å². The highest BCUT2D eigenvalue weighted by atomic mass is 35.5. The van der Waals surface area contributed by atoms with Crippen LogP contribution < -0.4 is 16.2 Å². The van der Waals surface area contributed by atoms with Crippen LogP contribution >= 0.6 is 34.5 Å². The average molecular weight is 474 g/mol. The molecule has 0 unspecified atom stereocenters. The lowest BCUT2D eigenvalue weighted by atomic mass is 10.2. The molecule has 4 aromatic rings. The summed E-state index contributed by atoms with van der Waals surface area (Å²) in [6.07, 6.45) is 2.40. The van der Waals surface area contributed by atoms with Crippen LogP contribution in [0.25, 0.3) is 21.1 Å². The number of benzene rings is 2. The first-order valence-electron chi connectivity index (χ1n) is 8.92. The predicted octanol–water partition coefficient (Wildman–Crippen LogP) is 4.19. The van der Waals surface area contributed by atoms with Crippen LogP contribution in [0.3, 0.4) is 0 Å². The van der Waals surface area contributed by atoms with Gasteiger partial charge in [0.1, 0.15) is 16.7 Å². The van der Waals surface area contributed by atoms with Gasteiger partial charge in [-0.2, -0.15) is 5.10 Å². The molecule has 0 aliphatic heterocycles. The molecule has 31 heavy (non-hydrogen) atoms. The monoisotopic (exact) mass is 473 g/mol. The quantitative estimate of drug-likeness (QED) is 0.335. The summed E-state index contributed by atoms with van der Waals surface area (Å²) in [7, 11) is 0. The predicted molar refractivity (Wildman–Crippen MR) is 122 cm³/mol. The van der Waals surface area contributed by atoms with Crippen LogP contribution in [0.5, 0.6) is 0 Å². The van der Waals surface area contributed by atoms with Crippen LogP contribution in [0.15, 0.2) is 63.0 Å². The van der Waals surface area contributed by atoms with Crippen molar-refractivity contribution < 1.29 is 14.0 Å². The number of carbonyl (C=O) groups is 2. The Morgan fingerprint density at radius 1 is 1.13 bits per heavy atom. The number of fused-ring (bicyclic) bond motifs is 2. The van der Waals surface area contributed by atoms with E-state index >= 15 is 0 Å². The lowest BCUT2D eigenvalue weighted by molar-refractivity contribution is -0.120. The molecule has 0 spiro atoms. The van der Waals surface area contributed by atoms with Gasteiger partial charge >= 0.3 is 0 Å². The Labute approximate surface area is 189 Å². The van der Waals surface area contributed by atoms with Gasteiger partial charge in [-0.1, -0.05) is 41.4 Å². The highest BCUT2D eigenvalue weighted by molar-refractivity contribution is 7.21. The van der Waals surface area contributed by atoms with E-state index in [2.05, 4.69) is 15.8 Å². The lowest BCUT2D eigenvalue weighted by Gasteiger charge is -2.03. The minimum atomic E-state index is -0.574. The summed E-state index contributed by atoms with van der Waals surface area (Å²) in [5, 5.41) is 8.07. The Balaban J connectivity index is 1.38. The van der Waals surface area contributed by atoms with Gasteiger partial charge < -0.3 is 9.73 Å². The first-order valence-corrected chi connectivity index (χ1v) is 10.5. The molecular formula is C21H13Cl2N3O4S. The minimum Gasteiger partial charge on any atom is -0.463 e. The van der Waals surface area contributed by atoms with Crippen LogP contribution in [-0.2, 0) is 4.79 Å². The van der Waals surface area contributed by atoms with E-state index in [0.717, 1.165) is 16.3 Å². The molecule has 2 amide bonds. The van der Waals surface area contributed by atoms with Crippen LogP contribution in [0, 0.1) is 0 Å². The molecule has 2 aromatic heterocycles. The Bertz CT molecular complexity index is 1410. The van der Waals surface area contributed by atoms with Crippen molar-refractivity contribution in [2.45, 2.75) is 0 Å². The van der Waals surface area contributed by atoms with Gasteiger partial charge in [0, 0.05) is 15.1 Å². The molecule has 0 radical (unpaired) electrons. The Morgan fingerprint density at radius 3 is 2.74 bits per heavy atom. The van der Waals surface area contributed by atoms with E-state index < -0.39 is 11.8 Å². The highest BCUT2D eigenvalue weighted by Crippen LogP contribution is 2.34. The molecule has 4 rings (SSSR count). The fraction of sp³-hybridized carbons (Fsp3) is 0.0476. The van der Waals surface area contributed by atoms with Crippen molar-refractivity contribution in [3.8, 4) is 0 Å². The van der Waals surface area contributed by atoms with E-state index in [1.54, 1.807) is 12.1 Å². The third-order valence-electron chi connectivity index (χ3n) is 4.30. The molecular weight excluding hydrogens is 461 g/mol. The first-order chi connectivity index (χ1) is 14.9. The topological polar surface area (TPSA) is 101 Å². The van der Waals surface area contributed by atoms with Crippen LogP contribution in [0.2, 0.25) is 10.0 Å². The second-order valence-electron chi connectivity index (χ2n) is 6.38. The summed E-state index contributed by atoms with van der Waals surface area (Å²) < 4.78 is 6.25. The highest BCUT2D eigenvalue weighted by Gasteiger charge is 2.17. The fourth-order valence-corrected chi connectivity index (χ4v) is 4.43. The van der Waals surface area contributed by atoms with Crippen molar-refractivity contribution in [1.82, 2.24) is 10.7 Å². The molecule has 0 saturated heterocycles. The van der Waals surface area contributed by atoms with Crippen LogP contribution in [0.1, 0.15) is 15.2 Å². The van der Waals surface area contributed by atoms with Crippen LogP contribution in [0.4, 0.5) is 0 Å². The average Bonchev–Trinajstić information content (AvgIpc) is 3.11. The van der Waals surface area contributed by atoms with Crippen molar-refractivity contribution in [3.63, 3.8) is 0 Å². The summed E-state index contributed by atoms with van der Waals surface area (Å²) in [6, 6.07) is 12.1. The van der Waals surface area contributed by atoms with Crippen molar-refractivity contribution in [3.05, 3.63) is 79.4 Å². The molecule has 0 aliphatic carbocycles. The molecule has 2 heterocycles. The number of amides is 2. The number of nitrogens with one attached hydrogen (secondary N) is 2. The standard InChI is InChI=1S/C21H13Cl2N3O4S/c22-12-5-6-15-14(7-12)19(28)11(10-30-15)8-25-26-17(27)9-24-21(29)20-18(23)13-3-1-2-4-16(13)31-20/h1-8,10H,9H2,(H,24,29)(H,26,27)/b25-8-. The first kappa shape index (κ1) is 21.0. The third kappa shape index (κ3) is 4.46. The fourth-order valence-electron chi connectivity index (χ4n) is 2.82. The van der Waals surface area contributed by atoms with Gasteiger partial charge in [-0.25, -0.2) is 5.43 Å². The summed E-state index contributed by atoms with van der Waals surface area (Å²) in [5.74, 6) is -1.03. The zero-order chi connectivity index (χ0) is 22.0. The molecule has 156 valence electrons. The Morgan fingerprint density at radius 2 is 1.94 bits per heavy atom. The smallest absolute Gasteiger partial charge is 0.263 e. The lowest BCUT2D eigenvalue weighted by Crippen LogP contribution is -2.34. The number of hydrazone groups is 1. The molecule has 10 heteroatoms. The molecule has 7 nitrogen and oxygen atoms in total. The zero-order valence-corrected chi connectivity index (χ0v) is 18.0. The Kier molecular flexibility index (Phi) is 6.03. The van der Waals surface area contributed by atoms with Crippen molar-refractivity contribution >= 4 is 73.6 Å². The maximum absolute atomic E-state index is 12.4.